The van der Waals surface area contributed by atoms with Gasteiger partial charge in [-0.15, -0.1) is 0 Å². The van der Waals surface area contributed by atoms with Gasteiger partial charge >= 0.3 is 23.8 Å². The van der Waals surface area contributed by atoms with E-state index in [0.29, 0.717) is 32.1 Å². The van der Waals surface area contributed by atoms with Crippen LogP contribution in [0.5, 0.6) is 0 Å². The second-order valence-corrected chi connectivity index (χ2v) is 16.2. The van der Waals surface area contributed by atoms with Gasteiger partial charge in [0.15, 0.2) is 12.2 Å². The summed E-state index contributed by atoms with van der Waals surface area (Å²) in [7, 11) is 0. The van der Waals surface area contributed by atoms with Crippen LogP contribution in [0, 0.1) is 0 Å². The number of aliphatic hydroxyl groups excluding tert-OH is 2. The van der Waals surface area contributed by atoms with Crippen LogP contribution < -0.4 is 0 Å². The highest BCUT2D eigenvalue weighted by atomic mass is 16.7. The molecule has 0 heterocycles. The maximum absolute atomic E-state index is 12.8. The van der Waals surface area contributed by atoms with Crippen LogP contribution in [0.15, 0.2) is 0 Å². The van der Waals surface area contributed by atoms with E-state index in [1.54, 1.807) is 0 Å². The molecule has 0 saturated heterocycles. The summed E-state index contributed by atoms with van der Waals surface area (Å²) in [6, 6.07) is 0. The highest BCUT2D eigenvalue weighted by Gasteiger charge is 2.51. The van der Waals surface area contributed by atoms with E-state index in [1.165, 1.54) is 89.9 Å². The Morgan fingerprint density at radius 3 is 1.25 bits per heavy atom. The van der Waals surface area contributed by atoms with E-state index in [0.717, 1.165) is 62.7 Å². The molecule has 0 saturated carbocycles. The summed E-state index contributed by atoms with van der Waals surface area (Å²) in [5, 5.41) is 70.4. The molecule has 0 aliphatic heterocycles. The van der Waals surface area contributed by atoms with Crippen molar-refractivity contribution in [3.8, 4) is 0 Å². The summed E-state index contributed by atoms with van der Waals surface area (Å²) < 4.78 is 11.0. The molecule has 0 spiro atoms. The molecule has 0 aliphatic rings. The molecule has 2 unspecified atom stereocenters. The molecule has 0 amide bonds. The molecule has 0 radical (unpaired) electrons. The number of carbonyl (C=O) groups excluding carboxylic acids is 2. The van der Waals surface area contributed by atoms with Crippen LogP contribution in [-0.2, 0) is 19.1 Å². The lowest BCUT2D eigenvalue weighted by Gasteiger charge is -2.39. The van der Waals surface area contributed by atoms with Crippen molar-refractivity contribution in [2.45, 2.75) is 250 Å². The Hall–Kier alpha value is -1.38. The van der Waals surface area contributed by atoms with Crippen molar-refractivity contribution in [3.05, 3.63) is 0 Å². The summed E-state index contributed by atoms with van der Waals surface area (Å²) in [6.45, 7) is 6.77. The van der Waals surface area contributed by atoms with Crippen molar-refractivity contribution in [2.24, 2.45) is 0 Å². The average molecular weight is 806 g/mol. The van der Waals surface area contributed by atoms with Gasteiger partial charge in [-0.3, -0.25) is 0 Å². The van der Waals surface area contributed by atoms with Crippen molar-refractivity contribution >= 4 is 11.9 Å². The molecule has 2 atom stereocenters. The van der Waals surface area contributed by atoms with Crippen molar-refractivity contribution < 1.29 is 54.8 Å². The lowest BCUT2D eigenvalue weighted by molar-refractivity contribution is -0.486. The van der Waals surface area contributed by atoms with E-state index in [9.17, 15) is 45.3 Å². The maximum atomic E-state index is 12.8. The third-order valence-electron chi connectivity index (χ3n) is 10.8. The number of unbranched alkanes of at least 4 members (excludes halogenated alkanes) is 22. The molecule has 56 heavy (non-hydrogen) atoms. The Labute approximate surface area is 340 Å². The summed E-state index contributed by atoms with van der Waals surface area (Å²) in [6.07, 6.45) is 26.2. The normalized spacial score (nSPS) is 13.4. The molecule has 0 aromatic carbocycles. The van der Waals surface area contributed by atoms with Crippen LogP contribution in [0.1, 0.15) is 220 Å². The molecule has 0 aliphatic carbocycles. The Morgan fingerprint density at radius 2 is 0.804 bits per heavy atom. The number of aliphatic hydroxyl groups is 7. The van der Waals surface area contributed by atoms with Crippen molar-refractivity contribution in [2.75, 3.05) is 19.7 Å². The van der Waals surface area contributed by atoms with Crippen LogP contribution in [0.25, 0.3) is 0 Å². The van der Waals surface area contributed by atoms with Crippen molar-refractivity contribution in [1.82, 2.24) is 4.90 Å². The Kier molecular flexibility index (Phi) is 34.7. The topological polar surface area (TPSA) is 197 Å². The number of nitrogens with zero attached hydrogens (tertiary/aromatic N) is 1. The minimum Gasteiger partial charge on any atom is -0.464 e. The van der Waals surface area contributed by atoms with Gasteiger partial charge in [-0.2, -0.15) is 0 Å². The molecular weight excluding hydrogens is 718 g/mol. The second kappa shape index (κ2) is 35.6. The minimum atomic E-state index is -3.81. The zero-order valence-electron chi connectivity index (χ0n) is 36.0. The largest absolute Gasteiger partial charge is 0.464 e. The first-order valence-corrected chi connectivity index (χ1v) is 22.9. The number of carbonyl (C=O) groups is 2. The van der Waals surface area contributed by atoms with Crippen LogP contribution >= 0.6 is 0 Å². The van der Waals surface area contributed by atoms with Gasteiger partial charge in [0.05, 0.1) is 6.61 Å². The monoisotopic (exact) mass is 806 g/mol. The van der Waals surface area contributed by atoms with Gasteiger partial charge in [0, 0.05) is 13.1 Å². The fourth-order valence-electron chi connectivity index (χ4n) is 7.00. The summed E-state index contributed by atoms with van der Waals surface area (Å²) in [5.41, 5.74) is 0. The molecule has 12 heteroatoms. The van der Waals surface area contributed by atoms with Crippen molar-refractivity contribution in [3.63, 3.8) is 0 Å². The Morgan fingerprint density at radius 1 is 0.464 bits per heavy atom. The third-order valence-corrected chi connectivity index (χ3v) is 10.8. The predicted molar refractivity (Wildman–Crippen MR) is 221 cm³/mol. The van der Waals surface area contributed by atoms with E-state index < -0.39 is 36.0 Å². The molecular formula is C44H87NO11. The summed E-state index contributed by atoms with van der Waals surface area (Å²) >= 11 is 0. The van der Waals surface area contributed by atoms with E-state index in [2.05, 4.69) is 20.8 Å². The molecule has 0 bridgehead atoms. The smallest absolute Gasteiger partial charge is 0.349 e. The molecule has 0 aromatic rings. The molecule has 0 aromatic heterocycles. The maximum Gasteiger partial charge on any atom is 0.349 e. The molecule has 0 fully saturated rings. The summed E-state index contributed by atoms with van der Waals surface area (Å²) in [5.74, 6) is -8.44. The average Bonchev–Trinajstić information content (AvgIpc) is 3.16. The molecule has 334 valence electrons. The molecule has 12 nitrogen and oxygen atoms in total. The van der Waals surface area contributed by atoms with Crippen LogP contribution in [0.2, 0.25) is 0 Å². The van der Waals surface area contributed by atoms with Gasteiger partial charge < -0.3 is 45.2 Å². The van der Waals surface area contributed by atoms with Gasteiger partial charge in [0.25, 0.3) is 0 Å². The van der Waals surface area contributed by atoms with Gasteiger partial charge in [-0.25, -0.2) is 14.5 Å². The molecule has 7 N–H and O–H groups in total. The highest BCUT2D eigenvalue weighted by Crippen LogP contribution is 2.23. The number of hydrogen-bond donors (Lipinski definition) is 7. The predicted octanol–water partition coefficient (Wildman–Crippen LogP) is 7.89. The van der Waals surface area contributed by atoms with Crippen molar-refractivity contribution in [1.29, 1.82) is 0 Å². The zero-order chi connectivity index (χ0) is 41.9. The highest BCUT2D eigenvalue weighted by molar-refractivity contribution is 5.74. The van der Waals surface area contributed by atoms with Gasteiger partial charge in [0.1, 0.15) is 6.10 Å². The first-order chi connectivity index (χ1) is 26.8. The number of rotatable bonds is 41. The Balaban J connectivity index is 4.59. The number of ether oxygens (including phenoxy) is 2. The van der Waals surface area contributed by atoms with E-state index >= 15 is 0 Å². The van der Waals surface area contributed by atoms with E-state index in [1.807, 2.05) is 0 Å². The number of esters is 2. The van der Waals surface area contributed by atoms with E-state index in [-0.39, 0.29) is 45.1 Å². The Bertz CT molecular complexity index is 898. The van der Waals surface area contributed by atoms with Gasteiger partial charge in [-0.05, 0) is 64.2 Å². The lowest BCUT2D eigenvalue weighted by atomic mass is 10.0. The fourth-order valence-corrected chi connectivity index (χ4v) is 7.00. The van der Waals surface area contributed by atoms with Crippen LogP contribution in [-0.4, -0.2) is 102 Å². The van der Waals surface area contributed by atoms with Crippen LogP contribution in [0.3, 0.4) is 0 Å². The first kappa shape index (κ1) is 54.6. The second-order valence-electron chi connectivity index (χ2n) is 16.2. The SMILES string of the molecule is CCCCCCCCCCCOC(=O)C(O)CCCCN(CCCCCCC(O)C(=O)OC(CCCCCCCC)CCCCCCCC)C(O)(O)C(O)(O)O. The van der Waals surface area contributed by atoms with Crippen LogP contribution in [0.4, 0.5) is 0 Å². The first-order valence-electron chi connectivity index (χ1n) is 22.9. The zero-order valence-corrected chi connectivity index (χ0v) is 36.0. The lowest BCUT2D eigenvalue weighted by Crippen LogP contribution is -2.65. The quantitative estimate of drug-likeness (QED) is 0.0180. The van der Waals surface area contributed by atoms with E-state index in [4.69, 9.17) is 9.47 Å². The number of hydrogen-bond acceptors (Lipinski definition) is 12. The minimum absolute atomic E-state index is 0.0110. The fraction of sp³-hybridized carbons (Fsp3) is 0.955. The van der Waals surface area contributed by atoms with Gasteiger partial charge in [0.2, 0.25) is 0 Å². The summed E-state index contributed by atoms with van der Waals surface area (Å²) in [4.78, 5) is 25.9. The van der Waals surface area contributed by atoms with Gasteiger partial charge in [-0.1, -0.05) is 156 Å². The third kappa shape index (κ3) is 28.9. The molecule has 0 rings (SSSR count). The standard InChI is InChI=1S/C44H87NO11/c1-4-7-10-13-16-17-18-23-30-37-55-41(48)39(46)34-27-29-36-45(43(50,51)44(52,53)54)35-28-22-21-26-33-40(47)42(49)56-38(31-24-19-14-11-8-5-2)32-25-20-15-12-9-6-3/h38-40,46-47,50-54H,4-37H2,1-3H3.